The highest BCUT2D eigenvalue weighted by Gasteiger charge is 2.07. The minimum atomic E-state index is -0.397. The highest BCUT2D eigenvalue weighted by atomic mass is 35.5. The van der Waals surface area contributed by atoms with Gasteiger partial charge < -0.3 is 10.1 Å². The number of hydrogen-bond acceptors (Lipinski definition) is 3. The Bertz CT molecular complexity index is 1020. The monoisotopic (exact) mass is 421 g/mol. The maximum absolute atomic E-state index is 12.0. The lowest BCUT2D eigenvalue weighted by atomic mass is 10.1. The topological polar surface area (TPSA) is 62.7 Å². The molecule has 0 spiro atoms. The lowest BCUT2D eigenvalue weighted by Crippen LogP contribution is -2.24. The number of nitrogens with zero attached hydrogens (tertiary/aromatic N) is 1. The number of anilines is 1. The van der Waals surface area contributed by atoms with Crippen LogP contribution < -0.4 is 15.5 Å². The molecule has 0 atom stereocenters. The molecule has 0 aromatic heterocycles. The van der Waals surface area contributed by atoms with Gasteiger partial charge in [-0.2, -0.15) is 5.10 Å². The summed E-state index contributed by atoms with van der Waals surface area (Å²) in [5.74, 6) is 0.840. The zero-order chi connectivity index (χ0) is 21.5. The molecule has 154 valence electrons. The van der Waals surface area contributed by atoms with Crippen molar-refractivity contribution in [2.45, 2.75) is 27.4 Å². The predicted molar refractivity (Wildman–Crippen MR) is 123 cm³/mol. The van der Waals surface area contributed by atoms with Crippen molar-refractivity contribution in [1.29, 1.82) is 0 Å². The molecule has 3 aromatic rings. The van der Waals surface area contributed by atoms with E-state index in [-0.39, 0.29) is 0 Å². The Hall–Kier alpha value is -3.31. The number of carbonyl (C=O) groups is 1. The van der Waals surface area contributed by atoms with Gasteiger partial charge in [0.25, 0.3) is 0 Å². The number of halogens is 1. The van der Waals surface area contributed by atoms with Gasteiger partial charge >= 0.3 is 6.03 Å². The number of benzene rings is 3. The smallest absolute Gasteiger partial charge is 0.339 e. The van der Waals surface area contributed by atoms with Gasteiger partial charge in [0, 0.05) is 10.7 Å². The number of rotatable bonds is 6. The van der Waals surface area contributed by atoms with Crippen LogP contribution in [0.1, 0.15) is 27.8 Å². The first-order valence-electron chi connectivity index (χ1n) is 9.56. The van der Waals surface area contributed by atoms with Gasteiger partial charge in [-0.3, -0.25) is 0 Å². The Morgan fingerprint density at radius 2 is 1.63 bits per heavy atom. The Morgan fingerprint density at radius 3 is 2.27 bits per heavy atom. The molecule has 0 bridgehead atoms. The fraction of sp³-hybridized carbons (Fsp3) is 0.167. The molecular weight excluding hydrogens is 398 g/mol. The molecule has 0 aliphatic heterocycles. The first kappa shape index (κ1) is 21.4. The largest absolute Gasteiger partial charge is 0.488 e. The molecule has 2 amide bonds. The summed E-state index contributed by atoms with van der Waals surface area (Å²) in [6, 6.07) is 18.7. The van der Waals surface area contributed by atoms with Gasteiger partial charge in [-0.25, -0.2) is 10.2 Å². The second-order valence-electron chi connectivity index (χ2n) is 7.09. The molecule has 0 aliphatic carbocycles. The minimum absolute atomic E-state index is 0.397. The Morgan fingerprint density at radius 1 is 1.00 bits per heavy atom. The van der Waals surface area contributed by atoms with Gasteiger partial charge in [0.15, 0.2) is 0 Å². The Balaban J connectivity index is 1.57. The van der Waals surface area contributed by atoms with Gasteiger partial charge in [0.05, 0.1) is 6.21 Å². The van der Waals surface area contributed by atoms with Crippen molar-refractivity contribution < 1.29 is 9.53 Å². The average molecular weight is 422 g/mol. The highest BCUT2D eigenvalue weighted by molar-refractivity contribution is 6.30. The van der Waals surface area contributed by atoms with Crippen LogP contribution in [-0.2, 0) is 6.61 Å². The van der Waals surface area contributed by atoms with Crippen LogP contribution in [0, 0.1) is 20.8 Å². The molecule has 3 rings (SSSR count). The van der Waals surface area contributed by atoms with Gasteiger partial charge in [0.2, 0.25) is 0 Å². The van der Waals surface area contributed by atoms with E-state index >= 15 is 0 Å². The average Bonchev–Trinajstić information content (AvgIpc) is 2.70. The van der Waals surface area contributed by atoms with Crippen LogP contribution in [0.2, 0.25) is 5.02 Å². The highest BCUT2D eigenvalue weighted by Crippen LogP contribution is 2.25. The molecule has 5 nitrogen and oxygen atoms in total. The minimum Gasteiger partial charge on any atom is -0.488 e. The van der Waals surface area contributed by atoms with Gasteiger partial charge in [-0.05, 0) is 79.4 Å². The van der Waals surface area contributed by atoms with Gasteiger partial charge in [0.1, 0.15) is 12.4 Å². The molecule has 2 N–H and O–H groups in total. The van der Waals surface area contributed by atoms with Crippen LogP contribution in [-0.4, -0.2) is 12.2 Å². The van der Waals surface area contributed by atoms with Crippen molar-refractivity contribution in [1.82, 2.24) is 5.43 Å². The van der Waals surface area contributed by atoms with Crippen LogP contribution in [0.15, 0.2) is 65.8 Å². The lowest BCUT2D eigenvalue weighted by molar-refractivity contribution is 0.252. The van der Waals surface area contributed by atoms with E-state index in [4.69, 9.17) is 16.3 Å². The number of ether oxygens (including phenoxy) is 1. The van der Waals surface area contributed by atoms with Gasteiger partial charge in [-0.15, -0.1) is 0 Å². The number of nitrogens with one attached hydrogen (secondary N) is 2. The maximum atomic E-state index is 12.0. The summed E-state index contributed by atoms with van der Waals surface area (Å²) in [6.07, 6.45) is 1.61. The van der Waals surface area contributed by atoms with Crippen LogP contribution in [0.4, 0.5) is 10.5 Å². The predicted octanol–water partition coefficient (Wildman–Crippen LogP) is 6.00. The van der Waals surface area contributed by atoms with E-state index < -0.39 is 6.03 Å². The van der Waals surface area contributed by atoms with Crippen molar-refractivity contribution in [2.75, 3.05) is 5.32 Å². The van der Waals surface area contributed by atoms with E-state index in [0.29, 0.717) is 17.3 Å². The fourth-order valence-electron chi connectivity index (χ4n) is 2.98. The summed E-state index contributed by atoms with van der Waals surface area (Å²) >= 11 is 5.92. The summed E-state index contributed by atoms with van der Waals surface area (Å²) < 4.78 is 6.00. The lowest BCUT2D eigenvalue weighted by Gasteiger charge is -2.13. The van der Waals surface area contributed by atoms with Gasteiger partial charge in [-0.1, -0.05) is 41.4 Å². The van der Waals surface area contributed by atoms with E-state index in [1.807, 2.05) is 81.4 Å². The van der Waals surface area contributed by atoms with E-state index in [1.54, 1.807) is 6.21 Å². The number of hydrazone groups is 1. The number of amides is 2. The summed E-state index contributed by atoms with van der Waals surface area (Å²) in [5.41, 5.74) is 8.23. The van der Waals surface area contributed by atoms with E-state index in [0.717, 1.165) is 33.6 Å². The fourth-order valence-corrected chi connectivity index (χ4v) is 3.11. The van der Waals surface area contributed by atoms with E-state index in [9.17, 15) is 4.79 Å². The summed E-state index contributed by atoms with van der Waals surface area (Å²) in [6.45, 7) is 6.43. The Labute approximate surface area is 181 Å². The normalized spacial score (nSPS) is 10.8. The quantitative estimate of drug-likeness (QED) is 0.378. The molecule has 0 fully saturated rings. The van der Waals surface area contributed by atoms with E-state index in [2.05, 4.69) is 15.8 Å². The molecule has 0 saturated carbocycles. The van der Waals surface area contributed by atoms with Crippen molar-refractivity contribution in [2.24, 2.45) is 5.10 Å². The standard InChI is InChI=1S/C24H24ClN3O2/c1-16-4-10-22(11-5-16)27-24(29)28-26-14-20-12-17(2)23(18(3)13-20)30-15-19-6-8-21(25)9-7-19/h4-14H,15H2,1-3H3,(H2,27,28,29)/b26-14-. The first-order valence-corrected chi connectivity index (χ1v) is 9.94. The first-order chi connectivity index (χ1) is 14.4. The molecule has 0 unspecified atom stereocenters. The SMILES string of the molecule is Cc1ccc(NC(=O)N/N=C\c2cc(C)c(OCc3ccc(Cl)cc3)c(C)c2)cc1. The van der Waals surface area contributed by atoms with Crippen molar-refractivity contribution in [3.05, 3.63) is 93.5 Å². The molecule has 0 saturated heterocycles. The molecule has 0 aliphatic rings. The Kier molecular flexibility index (Phi) is 7.09. The second-order valence-corrected chi connectivity index (χ2v) is 7.53. The summed E-state index contributed by atoms with van der Waals surface area (Å²) in [4.78, 5) is 12.0. The van der Waals surface area contributed by atoms with Crippen LogP contribution in [0.3, 0.4) is 0 Å². The van der Waals surface area contributed by atoms with Crippen molar-refractivity contribution in [3.63, 3.8) is 0 Å². The molecular formula is C24H24ClN3O2. The van der Waals surface area contributed by atoms with E-state index in [1.165, 1.54) is 0 Å². The molecule has 0 radical (unpaired) electrons. The maximum Gasteiger partial charge on any atom is 0.339 e. The van der Waals surface area contributed by atoms with Crippen LogP contribution in [0.25, 0.3) is 0 Å². The molecule has 3 aromatic carbocycles. The number of aryl methyl sites for hydroxylation is 3. The molecule has 30 heavy (non-hydrogen) atoms. The second kappa shape index (κ2) is 9.94. The third kappa shape index (κ3) is 6.09. The third-order valence-corrected chi connectivity index (χ3v) is 4.72. The third-order valence-electron chi connectivity index (χ3n) is 4.47. The van der Waals surface area contributed by atoms with Crippen molar-refractivity contribution >= 4 is 29.5 Å². The van der Waals surface area contributed by atoms with Crippen LogP contribution >= 0.6 is 11.6 Å². The summed E-state index contributed by atoms with van der Waals surface area (Å²) in [5, 5.41) is 7.46. The number of urea groups is 1. The number of hydrogen-bond donors (Lipinski definition) is 2. The zero-order valence-corrected chi connectivity index (χ0v) is 18.0. The molecule has 0 heterocycles. The summed E-state index contributed by atoms with van der Waals surface area (Å²) in [7, 11) is 0. The number of carbonyl (C=O) groups excluding carboxylic acids is 1. The van der Waals surface area contributed by atoms with Crippen LogP contribution in [0.5, 0.6) is 5.75 Å². The zero-order valence-electron chi connectivity index (χ0n) is 17.2. The van der Waals surface area contributed by atoms with Crippen molar-refractivity contribution in [3.8, 4) is 5.75 Å². The molecule has 6 heteroatoms.